The third kappa shape index (κ3) is 3.45. The molecule has 0 aromatic heterocycles. The molecule has 88 valence electrons. The van der Waals surface area contributed by atoms with Gasteiger partial charge in [-0.25, -0.2) is 0 Å². The van der Waals surface area contributed by atoms with Crippen molar-refractivity contribution in [1.82, 2.24) is 5.32 Å². The first-order valence-corrected chi connectivity index (χ1v) is 7.27. The molecular formula is C14H20IN. The van der Waals surface area contributed by atoms with Crippen molar-refractivity contribution in [2.24, 2.45) is 5.41 Å². The van der Waals surface area contributed by atoms with E-state index in [0.29, 0.717) is 5.41 Å². The van der Waals surface area contributed by atoms with Crippen LogP contribution >= 0.6 is 22.6 Å². The molecule has 1 aromatic carbocycles. The lowest BCUT2D eigenvalue weighted by atomic mass is 10.0. The van der Waals surface area contributed by atoms with Gasteiger partial charge in [0.25, 0.3) is 0 Å². The summed E-state index contributed by atoms with van der Waals surface area (Å²) in [5.41, 5.74) is 2.06. The lowest BCUT2D eigenvalue weighted by molar-refractivity contribution is 0.421. The SMILES string of the molecule is CCCC1(CNCc2ccc(I)cc2)CC1. The predicted molar refractivity (Wildman–Crippen MR) is 77.4 cm³/mol. The third-order valence-electron chi connectivity index (χ3n) is 3.48. The van der Waals surface area contributed by atoms with Gasteiger partial charge >= 0.3 is 0 Å². The maximum Gasteiger partial charge on any atom is 0.0205 e. The Balaban J connectivity index is 1.74. The minimum absolute atomic E-state index is 0.665. The van der Waals surface area contributed by atoms with Gasteiger partial charge in [0, 0.05) is 16.7 Å². The van der Waals surface area contributed by atoms with Crippen molar-refractivity contribution >= 4 is 22.6 Å². The fourth-order valence-electron chi connectivity index (χ4n) is 2.30. The normalized spacial score (nSPS) is 17.4. The number of halogens is 1. The van der Waals surface area contributed by atoms with E-state index in [-0.39, 0.29) is 0 Å². The molecule has 1 fully saturated rings. The molecule has 1 nitrogen and oxygen atoms in total. The summed E-state index contributed by atoms with van der Waals surface area (Å²) in [6.07, 6.45) is 5.58. The predicted octanol–water partition coefficient (Wildman–Crippen LogP) is 3.96. The first kappa shape index (κ1) is 12.4. The number of benzene rings is 1. The maximum atomic E-state index is 3.61. The zero-order valence-corrected chi connectivity index (χ0v) is 12.1. The fraction of sp³-hybridized carbons (Fsp3) is 0.571. The minimum atomic E-state index is 0.665. The Labute approximate surface area is 112 Å². The number of nitrogens with one attached hydrogen (secondary N) is 1. The Morgan fingerprint density at radius 1 is 1.25 bits per heavy atom. The van der Waals surface area contributed by atoms with E-state index in [1.165, 1.54) is 41.4 Å². The van der Waals surface area contributed by atoms with Gasteiger partial charge in [-0.2, -0.15) is 0 Å². The summed E-state index contributed by atoms with van der Waals surface area (Å²) < 4.78 is 1.31. The summed E-state index contributed by atoms with van der Waals surface area (Å²) in [7, 11) is 0. The standard InChI is InChI=1S/C14H20IN/c1-2-7-14(8-9-14)11-16-10-12-3-5-13(15)6-4-12/h3-6,16H,2,7-11H2,1H3. The van der Waals surface area contributed by atoms with Crippen molar-refractivity contribution in [3.63, 3.8) is 0 Å². The Morgan fingerprint density at radius 2 is 1.94 bits per heavy atom. The lowest BCUT2D eigenvalue weighted by Crippen LogP contribution is -2.23. The van der Waals surface area contributed by atoms with Crippen molar-refractivity contribution in [3.05, 3.63) is 33.4 Å². The quantitative estimate of drug-likeness (QED) is 0.779. The maximum absolute atomic E-state index is 3.61. The highest BCUT2D eigenvalue weighted by atomic mass is 127. The second-order valence-corrected chi connectivity index (χ2v) is 6.23. The Morgan fingerprint density at radius 3 is 2.50 bits per heavy atom. The molecule has 0 amide bonds. The molecule has 2 rings (SSSR count). The van der Waals surface area contributed by atoms with Crippen LogP contribution in [0.1, 0.15) is 38.2 Å². The summed E-state index contributed by atoms with van der Waals surface area (Å²) in [5, 5.41) is 3.61. The fourth-order valence-corrected chi connectivity index (χ4v) is 2.66. The van der Waals surface area contributed by atoms with E-state index in [9.17, 15) is 0 Å². The Kier molecular flexibility index (Phi) is 4.25. The molecule has 0 saturated heterocycles. The van der Waals surface area contributed by atoms with E-state index < -0.39 is 0 Å². The van der Waals surface area contributed by atoms with Gasteiger partial charge in [-0.15, -0.1) is 0 Å². The molecular weight excluding hydrogens is 309 g/mol. The molecule has 1 aromatic rings. The van der Waals surface area contributed by atoms with Gasteiger partial charge in [-0.05, 0) is 65.0 Å². The van der Waals surface area contributed by atoms with E-state index in [4.69, 9.17) is 0 Å². The molecule has 2 heteroatoms. The second-order valence-electron chi connectivity index (χ2n) is 4.98. The highest BCUT2D eigenvalue weighted by Crippen LogP contribution is 2.48. The average Bonchev–Trinajstić information content (AvgIpc) is 3.02. The van der Waals surface area contributed by atoms with Crippen LogP contribution in [-0.2, 0) is 6.54 Å². The van der Waals surface area contributed by atoms with E-state index in [1.54, 1.807) is 0 Å². The molecule has 0 bridgehead atoms. The number of hydrogen-bond acceptors (Lipinski definition) is 1. The molecule has 1 N–H and O–H groups in total. The highest BCUT2D eigenvalue weighted by molar-refractivity contribution is 14.1. The number of rotatable bonds is 6. The highest BCUT2D eigenvalue weighted by Gasteiger charge is 2.40. The van der Waals surface area contributed by atoms with Crippen LogP contribution in [0.5, 0.6) is 0 Å². The summed E-state index contributed by atoms with van der Waals surface area (Å²) >= 11 is 2.35. The molecule has 0 unspecified atom stereocenters. The van der Waals surface area contributed by atoms with Crippen LogP contribution in [-0.4, -0.2) is 6.54 Å². The van der Waals surface area contributed by atoms with Crippen molar-refractivity contribution in [1.29, 1.82) is 0 Å². The monoisotopic (exact) mass is 329 g/mol. The average molecular weight is 329 g/mol. The van der Waals surface area contributed by atoms with Crippen LogP contribution in [0, 0.1) is 8.99 Å². The van der Waals surface area contributed by atoms with Crippen molar-refractivity contribution in [2.75, 3.05) is 6.54 Å². The van der Waals surface area contributed by atoms with E-state index in [1.807, 2.05) is 0 Å². The third-order valence-corrected chi connectivity index (χ3v) is 4.20. The van der Waals surface area contributed by atoms with E-state index >= 15 is 0 Å². The largest absolute Gasteiger partial charge is 0.312 e. The second kappa shape index (κ2) is 5.50. The van der Waals surface area contributed by atoms with Crippen LogP contribution in [0.15, 0.2) is 24.3 Å². The van der Waals surface area contributed by atoms with Gasteiger partial charge in [0.05, 0.1) is 0 Å². The van der Waals surface area contributed by atoms with Gasteiger partial charge < -0.3 is 5.32 Å². The molecule has 0 atom stereocenters. The first-order chi connectivity index (χ1) is 7.74. The zero-order chi connectivity index (χ0) is 11.4. The van der Waals surface area contributed by atoms with Gasteiger partial charge in [-0.3, -0.25) is 0 Å². The minimum Gasteiger partial charge on any atom is -0.312 e. The summed E-state index contributed by atoms with van der Waals surface area (Å²) in [6, 6.07) is 8.79. The molecule has 16 heavy (non-hydrogen) atoms. The molecule has 0 heterocycles. The van der Waals surface area contributed by atoms with Crippen LogP contribution < -0.4 is 5.32 Å². The molecule has 0 aliphatic heterocycles. The van der Waals surface area contributed by atoms with Crippen LogP contribution in [0.2, 0.25) is 0 Å². The molecule has 1 aliphatic rings. The van der Waals surface area contributed by atoms with Gasteiger partial charge in [0.2, 0.25) is 0 Å². The Bertz CT molecular complexity index is 327. The molecule has 0 radical (unpaired) electrons. The van der Waals surface area contributed by atoms with Crippen molar-refractivity contribution < 1.29 is 0 Å². The lowest BCUT2D eigenvalue weighted by Gasteiger charge is -2.14. The smallest absolute Gasteiger partial charge is 0.0205 e. The van der Waals surface area contributed by atoms with Crippen LogP contribution in [0.3, 0.4) is 0 Å². The summed E-state index contributed by atoms with van der Waals surface area (Å²) in [5.74, 6) is 0. The number of hydrogen-bond donors (Lipinski definition) is 1. The molecule has 1 aliphatic carbocycles. The molecule has 1 saturated carbocycles. The van der Waals surface area contributed by atoms with Gasteiger partial charge in [0.15, 0.2) is 0 Å². The van der Waals surface area contributed by atoms with E-state index in [2.05, 4.69) is 59.1 Å². The van der Waals surface area contributed by atoms with Gasteiger partial charge in [0.1, 0.15) is 0 Å². The van der Waals surface area contributed by atoms with Crippen molar-refractivity contribution in [2.45, 2.75) is 39.2 Å². The topological polar surface area (TPSA) is 12.0 Å². The first-order valence-electron chi connectivity index (χ1n) is 6.19. The summed E-state index contributed by atoms with van der Waals surface area (Å²) in [4.78, 5) is 0. The van der Waals surface area contributed by atoms with E-state index in [0.717, 1.165) is 6.54 Å². The van der Waals surface area contributed by atoms with Crippen molar-refractivity contribution in [3.8, 4) is 0 Å². The summed E-state index contributed by atoms with van der Waals surface area (Å²) in [6.45, 7) is 4.51. The Hall–Kier alpha value is -0.0900. The van der Waals surface area contributed by atoms with Crippen LogP contribution in [0.25, 0.3) is 0 Å². The molecule has 0 spiro atoms. The van der Waals surface area contributed by atoms with Crippen LogP contribution in [0.4, 0.5) is 0 Å². The van der Waals surface area contributed by atoms with Gasteiger partial charge in [-0.1, -0.05) is 25.5 Å². The zero-order valence-electron chi connectivity index (χ0n) is 9.93.